The molecule has 1 aromatic carbocycles. The second-order valence-electron chi connectivity index (χ2n) is 6.79. The molecular formula is C19H23FN4O5. The van der Waals surface area contributed by atoms with Crippen LogP contribution >= 0.6 is 0 Å². The predicted molar refractivity (Wildman–Crippen MR) is 101 cm³/mol. The summed E-state index contributed by atoms with van der Waals surface area (Å²) in [6.45, 7) is 4.54. The SMILES string of the molecule is CC(C)OC(=O)ON1CCC(Oc2cc(Nc3ccc(O)c(F)c3)ncn2)CC1. The monoisotopic (exact) mass is 406 g/mol. The van der Waals surface area contributed by atoms with Gasteiger partial charge < -0.3 is 24.7 Å². The molecule has 1 fully saturated rings. The van der Waals surface area contributed by atoms with E-state index in [-0.39, 0.29) is 12.2 Å². The second kappa shape index (κ2) is 9.37. The minimum Gasteiger partial charge on any atom is -0.505 e. The van der Waals surface area contributed by atoms with Crippen molar-refractivity contribution in [3.63, 3.8) is 0 Å². The summed E-state index contributed by atoms with van der Waals surface area (Å²) in [6.07, 6.45) is 1.59. The van der Waals surface area contributed by atoms with Crippen LogP contribution in [0.15, 0.2) is 30.6 Å². The molecule has 156 valence electrons. The number of anilines is 2. The van der Waals surface area contributed by atoms with Gasteiger partial charge in [0.2, 0.25) is 5.88 Å². The quantitative estimate of drug-likeness (QED) is 0.551. The Bertz CT molecular complexity index is 843. The van der Waals surface area contributed by atoms with E-state index in [1.807, 2.05) is 0 Å². The molecule has 2 N–H and O–H groups in total. The number of aromatic hydroxyl groups is 1. The molecule has 0 spiro atoms. The van der Waals surface area contributed by atoms with Gasteiger partial charge in [-0.25, -0.2) is 19.2 Å². The highest BCUT2D eigenvalue weighted by Gasteiger charge is 2.24. The molecule has 1 aliphatic heterocycles. The maximum absolute atomic E-state index is 13.5. The number of hydroxylamine groups is 2. The van der Waals surface area contributed by atoms with Crippen LogP contribution < -0.4 is 10.1 Å². The molecule has 2 aromatic rings. The molecule has 0 amide bonds. The lowest BCUT2D eigenvalue weighted by molar-refractivity contribution is -0.151. The molecule has 1 aliphatic rings. The second-order valence-corrected chi connectivity index (χ2v) is 6.79. The Labute approximate surface area is 167 Å². The van der Waals surface area contributed by atoms with Crippen molar-refractivity contribution in [2.24, 2.45) is 0 Å². The van der Waals surface area contributed by atoms with Gasteiger partial charge in [0.25, 0.3) is 0 Å². The molecule has 0 aliphatic carbocycles. The average molecular weight is 406 g/mol. The van der Waals surface area contributed by atoms with E-state index < -0.39 is 17.7 Å². The Morgan fingerprint density at radius 1 is 1.28 bits per heavy atom. The third-order valence-electron chi connectivity index (χ3n) is 4.09. The van der Waals surface area contributed by atoms with Gasteiger partial charge in [0.15, 0.2) is 11.6 Å². The number of benzene rings is 1. The number of ether oxygens (including phenoxy) is 2. The maximum atomic E-state index is 13.5. The Hall–Kier alpha value is -3.14. The van der Waals surface area contributed by atoms with Crippen molar-refractivity contribution in [3.05, 3.63) is 36.4 Å². The summed E-state index contributed by atoms with van der Waals surface area (Å²) in [7, 11) is 0. The molecular weight excluding hydrogens is 383 g/mol. The molecule has 1 saturated heterocycles. The first-order valence-electron chi connectivity index (χ1n) is 9.27. The Balaban J connectivity index is 1.50. The number of halogens is 1. The molecule has 1 aromatic heterocycles. The fourth-order valence-corrected chi connectivity index (χ4v) is 2.74. The van der Waals surface area contributed by atoms with Crippen molar-refractivity contribution in [2.75, 3.05) is 18.4 Å². The van der Waals surface area contributed by atoms with Crippen molar-refractivity contribution in [2.45, 2.75) is 38.9 Å². The van der Waals surface area contributed by atoms with Crippen molar-refractivity contribution >= 4 is 17.7 Å². The number of hydrogen-bond acceptors (Lipinski definition) is 9. The molecule has 2 heterocycles. The van der Waals surface area contributed by atoms with Gasteiger partial charge in [0.05, 0.1) is 6.10 Å². The third kappa shape index (κ3) is 6.18. The number of carbonyl (C=O) groups is 1. The van der Waals surface area contributed by atoms with Gasteiger partial charge in [0, 0.05) is 43.8 Å². The maximum Gasteiger partial charge on any atom is 0.528 e. The number of nitrogens with one attached hydrogen (secondary N) is 1. The summed E-state index contributed by atoms with van der Waals surface area (Å²) in [5.74, 6) is -0.348. The number of phenols is 1. The highest BCUT2D eigenvalue weighted by atomic mass is 19.1. The molecule has 10 heteroatoms. The number of phenolic OH excluding ortho intramolecular Hbond substituents is 1. The lowest BCUT2D eigenvalue weighted by Gasteiger charge is -2.30. The number of nitrogens with zero attached hydrogens (tertiary/aromatic N) is 3. The molecule has 0 saturated carbocycles. The zero-order valence-electron chi connectivity index (χ0n) is 16.2. The van der Waals surface area contributed by atoms with Gasteiger partial charge in [-0.2, -0.15) is 0 Å². The largest absolute Gasteiger partial charge is 0.528 e. The Morgan fingerprint density at radius 3 is 2.72 bits per heavy atom. The molecule has 0 bridgehead atoms. The van der Waals surface area contributed by atoms with Crippen molar-refractivity contribution in [1.29, 1.82) is 0 Å². The van der Waals surface area contributed by atoms with Gasteiger partial charge in [0.1, 0.15) is 18.2 Å². The molecule has 0 atom stereocenters. The highest BCUT2D eigenvalue weighted by Crippen LogP contribution is 2.24. The van der Waals surface area contributed by atoms with Crippen LogP contribution in [0.4, 0.5) is 20.7 Å². The highest BCUT2D eigenvalue weighted by molar-refractivity contribution is 5.59. The van der Waals surface area contributed by atoms with Crippen LogP contribution in [0.2, 0.25) is 0 Å². The summed E-state index contributed by atoms with van der Waals surface area (Å²) in [5, 5.41) is 13.7. The minimum atomic E-state index is -0.730. The molecule has 0 radical (unpaired) electrons. The van der Waals surface area contributed by atoms with Gasteiger partial charge in [-0.05, 0) is 26.0 Å². The summed E-state index contributed by atoms with van der Waals surface area (Å²) >= 11 is 0. The third-order valence-corrected chi connectivity index (χ3v) is 4.09. The fraction of sp³-hybridized carbons (Fsp3) is 0.421. The minimum absolute atomic E-state index is 0.0927. The number of carbonyl (C=O) groups excluding carboxylic acids is 1. The van der Waals surface area contributed by atoms with E-state index in [9.17, 15) is 14.3 Å². The summed E-state index contributed by atoms with van der Waals surface area (Å²) < 4.78 is 24.3. The summed E-state index contributed by atoms with van der Waals surface area (Å²) in [5.41, 5.74) is 0.434. The predicted octanol–water partition coefficient (Wildman–Crippen LogP) is 3.38. The average Bonchev–Trinajstić information content (AvgIpc) is 2.66. The van der Waals surface area contributed by atoms with Gasteiger partial charge >= 0.3 is 6.16 Å². The van der Waals surface area contributed by atoms with Crippen LogP contribution in [-0.2, 0) is 9.57 Å². The zero-order valence-corrected chi connectivity index (χ0v) is 16.2. The standard InChI is InChI=1S/C19H23FN4O5/c1-12(2)27-19(26)29-24-7-5-14(6-8-24)28-18-10-17(21-11-22-18)23-13-3-4-16(25)15(20)9-13/h3-4,9-12,14,25H,5-8H2,1-2H3,(H,21,22,23). The van der Waals surface area contributed by atoms with Gasteiger partial charge in [-0.15, -0.1) is 5.06 Å². The van der Waals surface area contributed by atoms with Crippen molar-refractivity contribution in [3.8, 4) is 11.6 Å². The van der Waals surface area contributed by atoms with E-state index in [1.165, 1.54) is 18.5 Å². The summed E-state index contributed by atoms with van der Waals surface area (Å²) in [4.78, 5) is 24.9. The molecule has 3 rings (SSSR count). The smallest absolute Gasteiger partial charge is 0.505 e. The Kier molecular flexibility index (Phi) is 6.65. The van der Waals surface area contributed by atoms with Gasteiger partial charge in [-0.3, -0.25) is 0 Å². The lowest BCUT2D eigenvalue weighted by atomic mass is 10.1. The first-order valence-corrected chi connectivity index (χ1v) is 9.27. The number of rotatable bonds is 6. The van der Waals surface area contributed by atoms with Crippen molar-refractivity contribution < 1.29 is 28.6 Å². The Morgan fingerprint density at radius 2 is 2.03 bits per heavy atom. The normalized spacial score (nSPS) is 15.2. The molecule has 9 nitrogen and oxygen atoms in total. The van der Waals surface area contributed by atoms with Crippen LogP contribution in [0.25, 0.3) is 0 Å². The van der Waals surface area contributed by atoms with E-state index in [2.05, 4.69) is 15.3 Å². The number of aromatic nitrogens is 2. The first kappa shape index (κ1) is 20.6. The summed E-state index contributed by atoms with van der Waals surface area (Å²) in [6, 6.07) is 5.55. The van der Waals surface area contributed by atoms with Crippen LogP contribution in [0.3, 0.4) is 0 Å². The number of hydrogen-bond donors (Lipinski definition) is 2. The van der Waals surface area contributed by atoms with E-state index in [4.69, 9.17) is 14.3 Å². The van der Waals surface area contributed by atoms with E-state index in [0.717, 1.165) is 6.07 Å². The molecule has 0 unspecified atom stereocenters. The van der Waals surface area contributed by atoms with Crippen LogP contribution in [-0.4, -0.2) is 51.6 Å². The first-order chi connectivity index (χ1) is 13.9. The fourth-order valence-electron chi connectivity index (χ4n) is 2.74. The molecule has 29 heavy (non-hydrogen) atoms. The zero-order chi connectivity index (χ0) is 20.8. The van der Waals surface area contributed by atoms with E-state index >= 15 is 0 Å². The van der Waals surface area contributed by atoms with Crippen LogP contribution in [0.1, 0.15) is 26.7 Å². The van der Waals surface area contributed by atoms with Gasteiger partial charge in [-0.1, -0.05) is 0 Å². The lowest BCUT2D eigenvalue weighted by Crippen LogP contribution is -2.40. The van der Waals surface area contributed by atoms with Crippen LogP contribution in [0.5, 0.6) is 11.6 Å². The topological polar surface area (TPSA) is 106 Å². The number of piperidine rings is 1. The van der Waals surface area contributed by atoms with Crippen LogP contribution in [0, 0.1) is 5.82 Å². The van der Waals surface area contributed by atoms with Crippen molar-refractivity contribution in [1.82, 2.24) is 15.0 Å². The van der Waals surface area contributed by atoms with E-state index in [1.54, 1.807) is 25.0 Å². The van der Waals surface area contributed by atoms with E-state index in [0.29, 0.717) is 43.3 Å².